The summed E-state index contributed by atoms with van der Waals surface area (Å²) < 4.78 is 23.2. The van der Waals surface area contributed by atoms with Crippen LogP contribution in [0.3, 0.4) is 0 Å². The molecule has 8 nitrogen and oxygen atoms in total. The molecule has 0 aromatic rings. The molecule has 400 valence electrons. The lowest BCUT2D eigenvalue weighted by Crippen LogP contribution is -2.45. The monoisotopic (exact) mass is 993 g/mol. The van der Waals surface area contributed by atoms with Crippen LogP contribution >= 0.6 is 7.82 Å². The zero-order valence-corrected chi connectivity index (χ0v) is 46.3. The number of allylic oxidation sites excluding steroid dienone is 19. The molecular formula is C61H105N2O6P. The highest BCUT2D eigenvalue weighted by molar-refractivity contribution is 7.45. The maximum absolute atomic E-state index is 12.9. The van der Waals surface area contributed by atoms with Crippen molar-refractivity contribution in [1.82, 2.24) is 5.32 Å². The summed E-state index contributed by atoms with van der Waals surface area (Å²) in [6.45, 7) is 4.48. The summed E-state index contributed by atoms with van der Waals surface area (Å²) in [7, 11) is 1.24. The number of phosphoric ester groups is 1. The number of quaternary nitrogens is 1. The van der Waals surface area contributed by atoms with E-state index >= 15 is 0 Å². The van der Waals surface area contributed by atoms with E-state index in [1.807, 2.05) is 27.2 Å². The van der Waals surface area contributed by atoms with E-state index in [4.69, 9.17) is 9.05 Å². The summed E-state index contributed by atoms with van der Waals surface area (Å²) in [5.74, 6) is -0.209. The molecule has 0 heterocycles. The quantitative estimate of drug-likeness (QED) is 0.0272. The maximum Gasteiger partial charge on any atom is 0.268 e. The third-order valence-corrected chi connectivity index (χ3v) is 12.6. The molecule has 0 bridgehead atoms. The minimum Gasteiger partial charge on any atom is -0.756 e. The van der Waals surface area contributed by atoms with Crippen LogP contribution in [0.2, 0.25) is 0 Å². The normalized spacial score (nSPS) is 14.9. The highest BCUT2D eigenvalue weighted by Gasteiger charge is 2.23. The molecule has 0 radical (unpaired) electrons. The molecule has 70 heavy (non-hydrogen) atoms. The molecule has 0 spiro atoms. The second-order valence-electron chi connectivity index (χ2n) is 19.6. The standard InChI is InChI=1S/C61H105N2O6P/c1-6-8-10-12-14-16-17-18-19-20-21-22-23-24-25-26-27-28-29-30-31-32-33-34-35-36-37-38-39-40-41-42-43-44-45-47-49-51-53-55-61(65)62-59(58-69-70(66,67)68-57-56-63(3,4)5)60(64)54-52-50-48-46-15-13-11-9-7-2/h8,10,14,16,18-19,21-22,24-25,27-28,30-31,33-34,36-37,52,54,59-60,64H,6-7,9,11-13,15,17,20,23,26,29,32,35,38-51,53,55-58H2,1-5H3,(H-,62,65,66,67)/b10-8-,16-14-,19-18-,22-21-,25-24-,28-27-,31-30-,34-33-,37-36-,54-52+. The number of aliphatic hydroxyl groups is 1. The number of carbonyl (C=O) groups is 1. The van der Waals surface area contributed by atoms with Gasteiger partial charge in [0.15, 0.2) is 0 Å². The molecule has 1 amide bonds. The van der Waals surface area contributed by atoms with E-state index in [0.717, 1.165) is 103 Å². The summed E-state index contributed by atoms with van der Waals surface area (Å²) in [4.78, 5) is 25.3. The molecule has 0 aliphatic heterocycles. The van der Waals surface area contributed by atoms with Gasteiger partial charge >= 0.3 is 0 Å². The lowest BCUT2D eigenvalue weighted by atomic mass is 10.0. The van der Waals surface area contributed by atoms with Gasteiger partial charge in [-0.2, -0.15) is 0 Å². The van der Waals surface area contributed by atoms with Gasteiger partial charge in [-0.1, -0.05) is 232 Å². The number of likely N-dealkylation sites (N-methyl/N-ethyl adjacent to an activating group) is 1. The number of rotatable bonds is 49. The molecule has 0 rings (SSSR count). The van der Waals surface area contributed by atoms with Gasteiger partial charge in [0.25, 0.3) is 7.82 Å². The molecule has 3 atom stereocenters. The van der Waals surface area contributed by atoms with Gasteiger partial charge in [0.05, 0.1) is 39.9 Å². The Morgan fingerprint density at radius 2 is 0.871 bits per heavy atom. The minimum absolute atomic E-state index is 0.00693. The predicted molar refractivity (Wildman–Crippen MR) is 302 cm³/mol. The fraction of sp³-hybridized carbons (Fsp3) is 0.656. The lowest BCUT2D eigenvalue weighted by molar-refractivity contribution is -0.870. The molecule has 9 heteroatoms. The Kier molecular flexibility index (Phi) is 48.6. The van der Waals surface area contributed by atoms with E-state index in [-0.39, 0.29) is 19.1 Å². The Labute approximate surface area is 431 Å². The first-order chi connectivity index (χ1) is 34.0. The van der Waals surface area contributed by atoms with Crippen molar-refractivity contribution in [3.63, 3.8) is 0 Å². The van der Waals surface area contributed by atoms with Crippen LogP contribution in [-0.4, -0.2) is 68.5 Å². The van der Waals surface area contributed by atoms with Gasteiger partial charge in [0.2, 0.25) is 5.91 Å². The minimum atomic E-state index is -4.59. The number of nitrogens with one attached hydrogen (secondary N) is 1. The first-order valence-corrected chi connectivity index (χ1v) is 29.4. The number of phosphoric acid groups is 1. The Morgan fingerprint density at radius 3 is 1.27 bits per heavy atom. The van der Waals surface area contributed by atoms with E-state index in [9.17, 15) is 19.4 Å². The Hall–Kier alpha value is -3.10. The number of nitrogens with zero attached hydrogens (tertiary/aromatic N) is 1. The van der Waals surface area contributed by atoms with Crippen molar-refractivity contribution in [3.05, 3.63) is 122 Å². The predicted octanol–water partition coefficient (Wildman–Crippen LogP) is 16.3. The van der Waals surface area contributed by atoms with E-state index in [0.29, 0.717) is 17.4 Å². The van der Waals surface area contributed by atoms with E-state index < -0.39 is 20.0 Å². The van der Waals surface area contributed by atoms with Crippen molar-refractivity contribution in [2.45, 2.75) is 219 Å². The average molecular weight is 993 g/mol. The molecule has 0 aliphatic rings. The van der Waals surface area contributed by atoms with Gasteiger partial charge in [0, 0.05) is 6.42 Å². The molecule has 0 aromatic heterocycles. The molecule has 0 saturated carbocycles. The topological polar surface area (TPSA) is 108 Å². The summed E-state index contributed by atoms with van der Waals surface area (Å²) in [5, 5.41) is 13.7. The summed E-state index contributed by atoms with van der Waals surface area (Å²) in [6.07, 6.45) is 75.7. The molecule has 0 aromatic carbocycles. The summed E-state index contributed by atoms with van der Waals surface area (Å²) >= 11 is 0. The van der Waals surface area contributed by atoms with Gasteiger partial charge < -0.3 is 28.8 Å². The fourth-order valence-electron chi connectivity index (χ4n) is 7.32. The van der Waals surface area contributed by atoms with Crippen molar-refractivity contribution >= 4 is 13.7 Å². The molecule has 3 unspecified atom stereocenters. The van der Waals surface area contributed by atoms with Gasteiger partial charge in [0.1, 0.15) is 13.2 Å². The molecule has 0 fully saturated rings. The van der Waals surface area contributed by atoms with E-state index in [1.54, 1.807) is 6.08 Å². The largest absolute Gasteiger partial charge is 0.756 e. The van der Waals surface area contributed by atoms with Gasteiger partial charge in [-0.25, -0.2) is 0 Å². The zero-order chi connectivity index (χ0) is 51.3. The van der Waals surface area contributed by atoms with Crippen LogP contribution in [0, 0.1) is 0 Å². The van der Waals surface area contributed by atoms with Crippen LogP contribution in [-0.2, 0) is 18.4 Å². The van der Waals surface area contributed by atoms with Crippen molar-refractivity contribution in [3.8, 4) is 0 Å². The Bertz CT molecular complexity index is 1550. The lowest BCUT2D eigenvalue weighted by Gasteiger charge is -2.29. The molecule has 0 saturated heterocycles. The summed E-state index contributed by atoms with van der Waals surface area (Å²) in [6, 6.07) is -0.893. The van der Waals surface area contributed by atoms with Crippen molar-refractivity contribution in [2.24, 2.45) is 0 Å². The number of aliphatic hydroxyl groups excluding tert-OH is 1. The second kappa shape index (κ2) is 50.8. The highest BCUT2D eigenvalue weighted by atomic mass is 31.2. The van der Waals surface area contributed by atoms with Crippen molar-refractivity contribution in [1.29, 1.82) is 0 Å². The smallest absolute Gasteiger partial charge is 0.268 e. The maximum atomic E-state index is 12.9. The highest BCUT2D eigenvalue weighted by Crippen LogP contribution is 2.38. The number of amides is 1. The first kappa shape index (κ1) is 66.9. The Balaban J connectivity index is 4.02. The number of carbonyl (C=O) groups excluding carboxylic acids is 1. The van der Waals surface area contributed by atoms with E-state index in [1.165, 1.54) is 83.5 Å². The number of unbranched alkanes of at least 4 members (excludes halogenated alkanes) is 18. The number of hydrogen-bond donors (Lipinski definition) is 2. The number of hydrogen-bond acceptors (Lipinski definition) is 6. The van der Waals surface area contributed by atoms with Gasteiger partial charge in [-0.15, -0.1) is 0 Å². The van der Waals surface area contributed by atoms with Crippen LogP contribution in [0.4, 0.5) is 0 Å². The molecular weight excluding hydrogens is 888 g/mol. The first-order valence-electron chi connectivity index (χ1n) is 27.9. The SMILES string of the molecule is CC/C=C\C/C=C\C/C=C\C/C=C\C/C=C\C/C=C\C/C=C\C/C=C\C/C=C\CCCCCCCCCCCCCC(=O)NC(COP(=O)([O-])OCC[N+](C)(C)C)C(O)/C=C/CCCCCCCCC. The third-order valence-electron chi connectivity index (χ3n) is 11.7. The second-order valence-corrected chi connectivity index (χ2v) is 21.0. The van der Waals surface area contributed by atoms with Crippen molar-refractivity contribution in [2.75, 3.05) is 40.9 Å². The van der Waals surface area contributed by atoms with E-state index in [2.05, 4.69) is 129 Å². The zero-order valence-electron chi connectivity index (χ0n) is 45.4. The van der Waals surface area contributed by atoms with Crippen LogP contribution in [0.15, 0.2) is 122 Å². The van der Waals surface area contributed by atoms with Crippen LogP contribution in [0.1, 0.15) is 206 Å². The van der Waals surface area contributed by atoms with Crippen LogP contribution in [0.5, 0.6) is 0 Å². The third kappa shape index (κ3) is 52.7. The van der Waals surface area contributed by atoms with Crippen molar-refractivity contribution < 1.29 is 32.9 Å². The fourth-order valence-corrected chi connectivity index (χ4v) is 8.04. The Morgan fingerprint density at radius 1 is 0.514 bits per heavy atom. The van der Waals surface area contributed by atoms with Crippen LogP contribution in [0.25, 0.3) is 0 Å². The van der Waals surface area contributed by atoms with Crippen LogP contribution < -0.4 is 10.2 Å². The molecule has 0 aliphatic carbocycles. The molecule has 2 N–H and O–H groups in total. The average Bonchev–Trinajstić information content (AvgIpc) is 3.32. The summed E-state index contributed by atoms with van der Waals surface area (Å²) in [5.41, 5.74) is 0. The van der Waals surface area contributed by atoms with Gasteiger partial charge in [-0.3, -0.25) is 9.36 Å². The van der Waals surface area contributed by atoms with Gasteiger partial charge in [-0.05, 0) is 89.9 Å².